The van der Waals surface area contributed by atoms with Gasteiger partial charge in [-0.1, -0.05) is 42.8 Å². The minimum Gasteiger partial charge on any atom is -0.318 e. The number of carbonyl (C=O) groups is 1. The Morgan fingerprint density at radius 1 is 1.03 bits per heavy atom. The Hall–Kier alpha value is -2.39. The summed E-state index contributed by atoms with van der Waals surface area (Å²) in [4.78, 5) is 11.1. The van der Waals surface area contributed by atoms with E-state index in [9.17, 15) is 26.4 Å². The quantitative estimate of drug-likeness (QED) is 0.780. The molecule has 9 heteroatoms. The van der Waals surface area contributed by atoms with Crippen LogP contribution in [0.15, 0.2) is 59.5 Å². The van der Waals surface area contributed by atoms with Gasteiger partial charge >= 0.3 is 12.1 Å². The molecule has 0 aromatic heterocycles. The molecule has 1 saturated heterocycles. The fourth-order valence-electron chi connectivity index (χ4n) is 4.66. The molecule has 2 aromatic rings. The van der Waals surface area contributed by atoms with Crippen LogP contribution in [0, 0.1) is 5.92 Å². The molecule has 2 aliphatic rings. The van der Waals surface area contributed by atoms with E-state index < -0.39 is 22.1 Å². The van der Waals surface area contributed by atoms with Crippen molar-refractivity contribution in [3.63, 3.8) is 0 Å². The Kier molecular flexibility index (Phi) is 5.36. The first-order chi connectivity index (χ1) is 14.2. The number of nitrogens with one attached hydrogen (secondary N) is 1. The molecule has 3 atom stereocenters. The lowest BCUT2D eigenvalue weighted by Gasteiger charge is -2.23. The second kappa shape index (κ2) is 7.70. The fraction of sp³-hybridized carbons (Fsp3) is 0.381. The van der Waals surface area contributed by atoms with Crippen molar-refractivity contribution in [3.8, 4) is 0 Å². The third kappa shape index (κ3) is 3.83. The number of alkyl halides is 3. The van der Waals surface area contributed by atoms with E-state index >= 15 is 0 Å². The number of rotatable bonds is 4. The smallest absolute Gasteiger partial charge is 0.318 e. The van der Waals surface area contributed by atoms with Gasteiger partial charge in [0.15, 0.2) is 0 Å². The van der Waals surface area contributed by atoms with Gasteiger partial charge in [0.05, 0.1) is 4.90 Å². The van der Waals surface area contributed by atoms with E-state index in [4.69, 9.17) is 0 Å². The predicted molar refractivity (Wildman–Crippen MR) is 105 cm³/mol. The van der Waals surface area contributed by atoms with E-state index in [-0.39, 0.29) is 28.5 Å². The Balaban J connectivity index is 1.62. The molecule has 0 bridgehead atoms. The van der Waals surface area contributed by atoms with Crippen molar-refractivity contribution in [2.24, 2.45) is 5.92 Å². The SMILES string of the molecule is O=C(Nc1cccc(S(=O)(=O)N2CC(c3ccccc3)C3CCCC32)c1)C(F)(F)F. The standard InChI is InChI=1S/C21H21F3N2O3S/c22-21(23,24)20(27)25-15-8-4-9-16(12-15)30(28,29)26-13-18(14-6-2-1-3-7-14)17-10-5-11-19(17)26/h1-4,6-9,12,17-19H,5,10-11,13H2,(H,25,27). The molecule has 2 aromatic carbocycles. The number of amides is 1. The molecule has 160 valence electrons. The van der Waals surface area contributed by atoms with Crippen LogP contribution < -0.4 is 5.32 Å². The number of carbonyl (C=O) groups excluding carboxylic acids is 1. The van der Waals surface area contributed by atoms with E-state index in [0.717, 1.165) is 30.9 Å². The molecule has 1 aliphatic heterocycles. The van der Waals surface area contributed by atoms with Crippen molar-refractivity contribution in [3.05, 3.63) is 60.2 Å². The van der Waals surface area contributed by atoms with Crippen LogP contribution >= 0.6 is 0 Å². The van der Waals surface area contributed by atoms with Crippen LogP contribution in [0.3, 0.4) is 0 Å². The highest BCUT2D eigenvalue weighted by molar-refractivity contribution is 7.89. The Morgan fingerprint density at radius 2 is 1.77 bits per heavy atom. The third-order valence-corrected chi connectivity index (χ3v) is 7.87. The minimum absolute atomic E-state index is 0.0848. The number of fused-ring (bicyclic) bond motifs is 1. The van der Waals surface area contributed by atoms with E-state index in [1.54, 1.807) is 5.32 Å². The molecule has 1 N–H and O–H groups in total. The molecule has 0 spiro atoms. The first kappa shape index (κ1) is 20.9. The lowest BCUT2D eigenvalue weighted by molar-refractivity contribution is -0.167. The summed E-state index contributed by atoms with van der Waals surface area (Å²) in [6.07, 6.45) is -2.41. The molecule has 1 heterocycles. The van der Waals surface area contributed by atoms with Gasteiger partial charge < -0.3 is 5.32 Å². The minimum atomic E-state index is -5.05. The van der Waals surface area contributed by atoms with Gasteiger partial charge in [0, 0.05) is 24.2 Å². The van der Waals surface area contributed by atoms with Gasteiger partial charge in [0.1, 0.15) is 0 Å². The van der Waals surface area contributed by atoms with E-state index in [0.29, 0.717) is 6.54 Å². The van der Waals surface area contributed by atoms with Crippen LogP contribution in [-0.4, -0.2) is 37.4 Å². The maximum absolute atomic E-state index is 13.4. The van der Waals surface area contributed by atoms with Crippen molar-refractivity contribution in [2.45, 2.75) is 42.3 Å². The largest absolute Gasteiger partial charge is 0.471 e. The summed E-state index contributed by atoms with van der Waals surface area (Å²) in [5, 5.41) is 1.72. The Bertz CT molecular complexity index is 1040. The van der Waals surface area contributed by atoms with Gasteiger partial charge in [-0.3, -0.25) is 4.79 Å². The molecular weight excluding hydrogens is 417 g/mol. The summed E-state index contributed by atoms with van der Waals surface area (Å²) in [7, 11) is -3.93. The maximum atomic E-state index is 13.4. The highest BCUT2D eigenvalue weighted by Crippen LogP contribution is 2.48. The number of nitrogens with zero attached hydrogens (tertiary/aromatic N) is 1. The Labute approximate surface area is 172 Å². The van der Waals surface area contributed by atoms with Crippen LogP contribution in [-0.2, 0) is 14.8 Å². The van der Waals surface area contributed by atoms with Gasteiger partial charge in [0.25, 0.3) is 0 Å². The van der Waals surface area contributed by atoms with Crippen molar-refractivity contribution in [2.75, 3.05) is 11.9 Å². The van der Waals surface area contributed by atoms with Gasteiger partial charge in [-0.25, -0.2) is 8.42 Å². The van der Waals surface area contributed by atoms with Crippen LogP contribution in [0.4, 0.5) is 18.9 Å². The second-order valence-electron chi connectivity index (χ2n) is 7.73. The van der Waals surface area contributed by atoms with Gasteiger partial charge in [-0.15, -0.1) is 0 Å². The normalized spacial score (nSPS) is 24.6. The molecule has 3 unspecified atom stereocenters. The highest BCUT2D eigenvalue weighted by atomic mass is 32.2. The number of halogens is 3. The summed E-state index contributed by atoms with van der Waals surface area (Å²) in [5.41, 5.74) is 0.887. The molecule has 1 saturated carbocycles. The second-order valence-corrected chi connectivity index (χ2v) is 9.62. The summed E-state index contributed by atoms with van der Waals surface area (Å²) >= 11 is 0. The van der Waals surface area contributed by atoms with Crippen LogP contribution in [0.25, 0.3) is 0 Å². The summed E-state index contributed by atoms with van der Waals surface area (Å²) in [5.74, 6) is -1.84. The maximum Gasteiger partial charge on any atom is 0.471 e. The lowest BCUT2D eigenvalue weighted by atomic mass is 9.87. The summed E-state index contributed by atoms with van der Waals surface area (Å²) in [6.45, 7) is 0.334. The average molecular weight is 438 g/mol. The summed E-state index contributed by atoms with van der Waals surface area (Å²) < 4.78 is 65.8. The summed E-state index contributed by atoms with van der Waals surface area (Å²) in [6, 6.07) is 14.7. The highest BCUT2D eigenvalue weighted by Gasteiger charge is 2.49. The van der Waals surface area contributed by atoms with Crippen LogP contribution in [0.5, 0.6) is 0 Å². The van der Waals surface area contributed by atoms with E-state index in [2.05, 4.69) is 0 Å². The van der Waals surface area contributed by atoms with Crippen LogP contribution in [0.2, 0.25) is 0 Å². The topological polar surface area (TPSA) is 66.5 Å². The molecule has 1 aliphatic carbocycles. The van der Waals surface area contributed by atoms with Gasteiger partial charge in [0.2, 0.25) is 10.0 Å². The molecule has 4 rings (SSSR count). The number of benzene rings is 2. The van der Waals surface area contributed by atoms with E-state index in [1.807, 2.05) is 30.3 Å². The number of anilines is 1. The van der Waals surface area contributed by atoms with Crippen LogP contribution in [0.1, 0.15) is 30.7 Å². The van der Waals surface area contributed by atoms with Crippen molar-refractivity contribution in [1.82, 2.24) is 4.31 Å². The molecular formula is C21H21F3N2O3S. The lowest BCUT2D eigenvalue weighted by Crippen LogP contribution is -2.36. The Morgan fingerprint density at radius 3 is 2.47 bits per heavy atom. The fourth-order valence-corrected chi connectivity index (χ4v) is 6.43. The molecule has 1 amide bonds. The monoisotopic (exact) mass is 438 g/mol. The predicted octanol–water partition coefficient (Wildman–Crippen LogP) is 4.14. The van der Waals surface area contributed by atoms with E-state index in [1.165, 1.54) is 22.5 Å². The first-order valence-electron chi connectivity index (χ1n) is 9.73. The van der Waals surface area contributed by atoms with Crippen molar-refractivity contribution < 1.29 is 26.4 Å². The number of sulfonamides is 1. The zero-order valence-electron chi connectivity index (χ0n) is 16.0. The number of hydrogen-bond acceptors (Lipinski definition) is 3. The van der Waals surface area contributed by atoms with Gasteiger partial charge in [-0.05, 0) is 42.5 Å². The average Bonchev–Trinajstić information content (AvgIpc) is 3.31. The first-order valence-corrected chi connectivity index (χ1v) is 11.2. The molecule has 2 fully saturated rings. The van der Waals surface area contributed by atoms with Crippen molar-refractivity contribution in [1.29, 1.82) is 0 Å². The molecule has 0 radical (unpaired) electrons. The zero-order chi connectivity index (χ0) is 21.5. The van der Waals surface area contributed by atoms with Crippen molar-refractivity contribution >= 4 is 21.6 Å². The number of hydrogen-bond donors (Lipinski definition) is 1. The molecule has 30 heavy (non-hydrogen) atoms. The zero-order valence-corrected chi connectivity index (χ0v) is 16.8. The molecule has 5 nitrogen and oxygen atoms in total. The third-order valence-electron chi connectivity index (χ3n) is 5.98. The van der Waals surface area contributed by atoms with Gasteiger partial charge in [-0.2, -0.15) is 17.5 Å².